The molecular weight excluding hydrogens is 320 g/mol. The molecule has 23 heavy (non-hydrogen) atoms. The van der Waals surface area contributed by atoms with E-state index < -0.39 is 21.8 Å². The normalized spacial score (nSPS) is 19.7. The Hall–Kier alpha value is -2.60. The minimum atomic E-state index is -3.10. The van der Waals surface area contributed by atoms with Gasteiger partial charge in [-0.25, -0.2) is 8.42 Å². The first-order chi connectivity index (χ1) is 10.9. The second kappa shape index (κ2) is 7.11. The lowest BCUT2D eigenvalue weighted by Crippen LogP contribution is -2.39. The molecule has 0 unspecified atom stereocenters. The number of amides is 1. The number of carbonyl (C=O) groups is 1. The molecule has 0 bridgehead atoms. The van der Waals surface area contributed by atoms with Crippen LogP contribution in [0.4, 0.5) is 5.69 Å². The summed E-state index contributed by atoms with van der Waals surface area (Å²) in [5, 5.41) is 15.3. The van der Waals surface area contributed by atoms with Crippen molar-refractivity contribution >= 4 is 27.1 Å². The van der Waals surface area contributed by atoms with Gasteiger partial charge in [-0.1, -0.05) is 0 Å². The van der Waals surface area contributed by atoms with Crippen LogP contribution in [-0.4, -0.2) is 44.7 Å². The first-order valence-corrected chi connectivity index (χ1v) is 8.65. The van der Waals surface area contributed by atoms with Gasteiger partial charge in [0.2, 0.25) is 5.71 Å². The number of hydrazone groups is 1. The van der Waals surface area contributed by atoms with Crippen molar-refractivity contribution in [2.24, 2.45) is 5.10 Å². The zero-order valence-corrected chi connectivity index (χ0v) is 13.3. The van der Waals surface area contributed by atoms with E-state index >= 15 is 0 Å². The number of nitriles is 1. The van der Waals surface area contributed by atoms with Gasteiger partial charge in [0.15, 0.2) is 9.84 Å². The van der Waals surface area contributed by atoms with Gasteiger partial charge in [-0.05, 0) is 30.7 Å². The minimum absolute atomic E-state index is 0.0427. The number of hydrogen-bond donors (Lipinski definition) is 2. The molecule has 1 heterocycles. The third kappa shape index (κ3) is 4.69. The van der Waals surface area contributed by atoms with Crippen molar-refractivity contribution < 1.29 is 17.9 Å². The van der Waals surface area contributed by atoms with Crippen molar-refractivity contribution in [2.75, 3.05) is 24.0 Å². The summed E-state index contributed by atoms with van der Waals surface area (Å²) in [6.45, 7) is 0. The molecule has 1 aliphatic heterocycles. The molecule has 0 saturated carbocycles. The van der Waals surface area contributed by atoms with Crippen LogP contribution in [0.1, 0.15) is 6.42 Å². The van der Waals surface area contributed by atoms with Gasteiger partial charge >= 0.3 is 0 Å². The van der Waals surface area contributed by atoms with Crippen molar-refractivity contribution in [3.05, 3.63) is 24.3 Å². The standard InChI is InChI=1S/C14H16N4O4S/c1-22-12-4-2-10(3-5-12)17-18-13(8-15)14(19)16-11-6-7-23(20,21)9-11/h2-5,11,17H,6-7,9H2,1H3,(H,16,19)/b18-13+/t11-/m0/s1. The van der Waals surface area contributed by atoms with E-state index in [9.17, 15) is 13.2 Å². The van der Waals surface area contributed by atoms with Crippen LogP contribution >= 0.6 is 0 Å². The Morgan fingerprint density at radius 1 is 1.39 bits per heavy atom. The van der Waals surface area contributed by atoms with Gasteiger partial charge in [0, 0.05) is 6.04 Å². The Morgan fingerprint density at radius 3 is 2.61 bits per heavy atom. The van der Waals surface area contributed by atoms with E-state index in [0.717, 1.165) is 0 Å². The van der Waals surface area contributed by atoms with Crippen LogP contribution in [0.2, 0.25) is 0 Å². The lowest BCUT2D eigenvalue weighted by Gasteiger charge is -2.09. The average Bonchev–Trinajstić information content (AvgIpc) is 2.87. The molecule has 1 aromatic carbocycles. The van der Waals surface area contributed by atoms with Gasteiger partial charge in [-0.2, -0.15) is 10.4 Å². The maximum atomic E-state index is 11.9. The number of sulfone groups is 1. The highest BCUT2D eigenvalue weighted by molar-refractivity contribution is 7.91. The molecule has 9 heteroatoms. The van der Waals surface area contributed by atoms with Gasteiger partial charge in [0.25, 0.3) is 5.91 Å². The predicted molar refractivity (Wildman–Crippen MR) is 84.9 cm³/mol. The van der Waals surface area contributed by atoms with Gasteiger partial charge in [-0.15, -0.1) is 0 Å². The monoisotopic (exact) mass is 336 g/mol. The molecule has 1 aromatic rings. The Bertz CT molecular complexity index is 750. The quantitative estimate of drug-likeness (QED) is 0.589. The van der Waals surface area contributed by atoms with E-state index in [-0.39, 0.29) is 17.2 Å². The molecule has 2 rings (SSSR count). The van der Waals surface area contributed by atoms with Crippen molar-refractivity contribution in [1.82, 2.24) is 5.32 Å². The van der Waals surface area contributed by atoms with E-state index in [2.05, 4.69) is 15.8 Å². The number of benzene rings is 1. The van der Waals surface area contributed by atoms with Crippen LogP contribution in [0, 0.1) is 11.3 Å². The Kier molecular flexibility index (Phi) is 5.18. The Morgan fingerprint density at radius 2 is 2.09 bits per heavy atom. The fourth-order valence-corrected chi connectivity index (χ4v) is 3.75. The van der Waals surface area contributed by atoms with Crippen molar-refractivity contribution in [1.29, 1.82) is 5.26 Å². The average molecular weight is 336 g/mol. The van der Waals surface area contributed by atoms with E-state index in [1.54, 1.807) is 37.4 Å². The number of ether oxygens (including phenoxy) is 1. The van der Waals surface area contributed by atoms with Crippen LogP contribution < -0.4 is 15.5 Å². The molecule has 2 N–H and O–H groups in total. The smallest absolute Gasteiger partial charge is 0.282 e. The highest BCUT2D eigenvalue weighted by Crippen LogP contribution is 2.15. The summed E-state index contributed by atoms with van der Waals surface area (Å²) < 4.78 is 27.7. The highest BCUT2D eigenvalue weighted by Gasteiger charge is 2.29. The minimum Gasteiger partial charge on any atom is -0.497 e. The highest BCUT2D eigenvalue weighted by atomic mass is 32.2. The molecule has 0 aromatic heterocycles. The van der Waals surface area contributed by atoms with E-state index in [4.69, 9.17) is 10.00 Å². The summed E-state index contributed by atoms with van der Waals surface area (Å²) >= 11 is 0. The number of anilines is 1. The zero-order valence-electron chi connectivity index (χ0n) is 12.4. The Balaban J connectivity index is 1.97. The molecule has 0 spiro atoms. The number of nitrogens with one attached hydrogen (secondary N) is 2. The molecule has 1 fully saturated rings. The van der Waals surface area contributed by atoms with Crippen LogP contribution in [0.25, 0.3) is 0 Å². The van der Waals surface area contributed by atoms with Gasteiger partial charge in [0.1, 0.15) is 11.8 Å². The molecule has 1 amide bonds. The number of nitrogens with zero attached hydrogens (tertiary/aromatic N) is 2. The van der Waals surface area contributed by atoms with Gasteiger partial charge in [0.05, 0.1) is 24.3 Å². The van der Waals surface area contributed by atoms with Crippen LogP contribution in [0.5, 0.6) is 5.75 Å². The summed E-state index contributed by atoms with van der Waals surface area (Å²) in [4.78, 5) is 11.9. The first-order valence-electron chi connectivity index (χ1n) is 6.82. The summed E-state index contributed by atoms with van der Waals surface area (Å²) in [5.74, 6) is -0.0967. The largest absolute Gasteiger partial charge is 0.497 e. The van der Waals surface area contributed by atoms with Crippen molar-refractivity contribution in [3.63, 3.8) is 0 Å². The lowest BCUT2D eigenvalue weighted by molar-refractivity contribution is -0.115. The van der Waals surface area contributed by atoms with Crippen LogP contribution in [0.15, 0.2) is 29.4 Å². The molecule has 1 saturated heterocycles. The number of carbonyl (C=O) groups excluding carboxylic acids is 1. The maximum Gasteiger partial charge on any atom is 0.282 e. The third-order valence-corrected chi connectivity index (χ3v) is 5.04. The molecular formula is C14H16N4O4S. The van der Waals surface area contributed by atoms with Crippen LogP contribution in [-0.2, 0) is 14.6 Å². The molecule has 0 aliphatic carbocycles. The lowest BCUT2D eigenvalue weighted by atomic mass is 10.2. The second-order valence-corrected chi connectivity index (χ2v) is 7.21. The van der Waals surface area contributed by atoms with Crippen molar-refractivity contribution in [2.45, 2.75) is 12.5 Å². The number of methoxy groups -OCH3 is 1. The van der Waals surface area contributed by atoms with Gasteiger partial charge in [-0.3, -0.25) is 10.2 Å². The summed E-state index contributed by atoms with van der Waals surface area (Å²) in [6, 6.07) is 7.97. The van der Waals surface area contributed by atoms with Crippen molar-refractivity contribution in [3.8, 4) is 11.8 Å². The van der Waals surface area contributed by atoms with E-state index in [1.807, 2.05) is 0 Å². The first kappa shape index (κ1) is 16.8. The third-order valence-electron chi connectivity index (χ3n) is 3.28. The molecule has 1 aliphatic rings. The summed E-state index contributed by atoms with van der Waals surface area (Å²) in [7, 11) is -1.56. The fourth-order valence-electron chi connectivity index (χ4n) is 2.08. The van der Waals surface area contributed by atoms with Crippen LogP contribution in [0.3, 0.4) is 0 Å². The molecule has 1 atom stereocenters. The predicted octanol–water partition coefficient (Wildman–Crippen LogP) is 0.290. The molecule has 122 valence electrons. The number of hydrogen-bond acceptors (Lipinski definition) is 7. The zero-order chi connectivity index (χ0) is 16.9. The van der Waals surface area contributed by atoms with E-state index in [0.29, 0.717) is 17.9 Å². The SMILES string of the molecule is COc1ccc(N/N=C(\C#N)C(=O)N[C@H]2CCS(=O)(=O)C2)cc1. The van der Waals surface area contributed by atoms with Gasteiger partial charge < -0.3 is 10.1 Å². The maximum absolute atomic E-state index is 11.9. The summed E-state index contributed by atoms with van der Waals surface area (Å²) in [5.41, 5.74) is 2.81. The second-order valence-electron chi connectivity index (χ2n) is 4.99. The topological polar surface area (TPSA) is 121 Å². The number of rotatable bonds is 5. The molecule has 8 nitrogen and oxygen atoms in total. The Labute approximate surface area is 134 Å². The molecule has 0 radical (unpaired) electrons. The summed E-state index contributed by atoms with van der Waals surface area (Å²) in [6.07, 6.45) is 0.346. The van der Waals surface area contributed by atoms with E-state index in [1.165, 1.54) is 0 Å². The fraction of sp³-hybridized carbons (Fsp3) is 0.357.